The van der Waals surface area contributed by atoms with Gasteiger partial charge in [-0.3, -0.25) is 4.79 Å². The highest BCUT2D eigenvalue weighted by atomic mass is 16.5. The number of ether oxygens (including phenoxy) is 1. The smallest absolute Gasteiger partial charge is 0.329 e. The molecule has 0 aliphatic heterocycles. The summed E-state index contributed by atoms with van der Waals surface area (Å²) in [4.78, 5) is 21.5. The molecule has 1 saturated carbocycles. The molecule has 1 unspecified atom stereocenters. The number of hydrogen-bond acceptors (Lipinski definition) is 3. The van der Waals surface area contributed by atoms with Crippen LogP contribution in [0.25, 0.3) is 0 Å². The average Bonchev–Trinajstić information content (AvgIpc) is 2.98. The van der Waals surface area contributed by atoms with Crippen molar-refractivity contribution >= 4 is 11.9 Å². The standard InChI is InChI=1S/C10H17NO4/c1-7(8-2-3-8)10(14)11-4-5-15-6-9(12)13/h7-8H,2-6H2,1H3,(H,11,14)(H,12,13). The van der Waals surface area contributed by atoms with Crippen molar-refractivity contribution < 1.29 is 19.4 Å². The van der Waals surface area contributed by atoms with Gasteiger partial charge < -0.3 is 15.2 Å². The Morgan fingerprint density at radius 2 is 2.20 bits per heavy atom. The third kappa shape index (κ3) is 4.78. The van der Waals surface area contributed by atoms with E-state index < -0.39 is 5.97 Å². The van der Waals surface area contributed by atoms with Crippen molar-refractivity contribution in [2.24, 2.45) is 11.8 Å². The van der Waals surface area contributed by atoms with Gasteiger partial charge in [0.05, 0.1) is 6.61 Å². The van der Waals surface area contributed by atoms with E-state index in [-0.39, 0.29) is 25.0 Å². The van der Waals surface area contributed by atoms with E-state index in [4.69, 9.17) is 9.84 Å². The molecule has 0 spiro atoms. The highest BCUT2D eigenvalue weighted by molar-refractivity contribution is 5.78. The lowest BCUT2D eigenvalue weighted by molar-refractivity contribution is -0.142. The highest BCUT2D eigenvalue weighted by Crippen LogP contribution is 2.36. The molecule has 1 aliphatic rings. The number of amides is 1. The minimum absolute atomic E-state index is 0.0384. The fraction of sp³-hybridized carbons (Fsp3) is 0.800. The van der Waals surface area contributed by atoms with Gasteiger partial charge in [-0.05, 0) is 18.8 Å². The Balaban J connectivity index is 1.99. The second-order valence-corrected chi connectivity index (χ2v) is 3.86. The number of nitrogens with one attached hydrogen (secondary N) is 1. The molecule has 0 heterocycles. The van der Waals surface area contributed by atoms with E-state index >= 15 is 0 Å². The molecule has 0 aromatic carbocycles. The van der Waals surface area contributed by atoms with E-state index in [2.05, 4.69) is 5.32 Å². The van der Waals surface area contributed by atoms with Crippen molar-refractivity contribution in [3.05, 3.63) is 0 Å². The predicted octanol–water partition coefficient (Wildman–Crippen LogP) is 0.250. The van der Waals surface area contributed by atoms with Gasteiger partial charge in [0.15, 0.2) is 0 Å². The quantitative estimate of drug-likeness (QED) is 0.597. The number of aliphatic carboxylic acids is 1. The van der Waals surface area contributed by atoms with Gasteiger partial charge in [0.25, 0.3) is 0 Å². The van der Waals surface area contributed by atoms with E-state index in [1.165, 1.54) is 0 Å². The summed E-state index contributed by atoms with van der Waals surface area (Å²) in [7, 11) is 0. The largest absolute Gasteiger partial charge is 0.480 e. The Labute approximate surface area is 88.8 Å². The summed E-state index contributed by atoms with van der Waals surface area (Å²) in [5.41, 5.74) is 0. The molecule has 1 aliphatic carbocycles. The molecule has 1 atom stereocenters. The first-order chi connectivity index (χ1) is 7.11. The molecule has 0 radical (unpaired) electrons. The Hall–Kier alpha value is -1.10. The zero-order valence-electron chi connectivity index (χ0n) is 8.86. The van der Waals surface area contributed by atoms with Gasteiger partial charge in [-0.15, -0.1) is 0 Å². The van der Waals surface area contributed by atoms with E-state index in [9.17, 15) is 9.59 Å². The summed E-state index contributed by atoms with van der Waals surface area (Å²) < 4.78 is 4.79. The lowest BCUT2D eigenvalue weighted by Gasteiger charge is -2.10. The minimum Gasteiger partial charge on any atom is -0.480 e. The Morgan fingerprint density at radius 3 is 2.73 bits per heavy atom. The van der Waals surface area contributed by atoms with Crippen LogP contribution in [0.15, 0.2) is 0 Å². The van der Waals surface area contributed by atoms with Crippen LogP contribution in [-0.2, 0) is 14.3 Å². The second kappa shape index (κ2) is 5.70. The Morgan fingerprint density at radius 1 is 1.53 bits per heavy atom. The van der Waals surface area contributed by atoms with E-state index in [0.717, 1.165) is 12.8 Å². The fourth-order valence-electron chi connectivity index (χ4n) is 1.38. The monoisotopic (exact) mass is 215 g/mol. The van der Waals surface area contributed by atoms with Gasteiger partial charge in [0, 0.05) is 12.5 Å². The van der Waals surface area contributed by atoms with Crippen molar-refractivity contribution in [3.8, 4) is 0 Å². The van der Waals surface area contributed by atoms with Gasteiger partial charge in [0.2, 0.25) is 5.91 Å². The Kier molecular flexibility index (Phi) is 4.55. The second-order valence-electron chi connectivity index (χ2n) is 3.86. The molecule has 2 N–H and O–H groups in total. The van der Waals surface area contributed by atoms with Crippen molar-refractivity contribution in [1.29, 1.82) is 0 Å². The summed E-state index contributed by atoms with van der Waals surface area (Å²) in [6.07, 6.45) is 2.29. The van der Waals surface area contributed by atoms with Crippen LogP contribution in [-0.4, -0.2) is 36.7 Å². The first kappa shape index (κ1) is 12.0. The molecule has 15 heavy (non-hydrogen) atoms. The Bertz CT molecular complexity index is 238. The summed E-state index contributed by atoms with van der Waals surface area (Å²) >= 11 is 0. The molecular formula is C10H17NO4. The predicted molar refractivity (Wildman–Crippen MR) is 53.4 cm³/mol. The molecular weight excluding hydrogens is 198 g/mol. The third-order valence-corrected chi connectivity index (χ3v) is 2.51. The zero-order valence-corrected chi connectivity index (χ0v) is 8.86. The van der Waals surface area contributed by atoms with Crippen LogP contribution < -0.4 is 5.32 Å². The summed E-state index contributed by atoms with van der Waals surface area (Å²) in [6, 6.07) is 0. The number of hydrogen-bond donors (Lipinski definition) is 2. The van der Waals surface area contributed by atoms with Crippen molar-refractivity contribution in [2.45, 2.75) is 19.8 Å². The van der Waals surface area contributed by atoms with Crippen LogP contribution in [0.5, 0.6) is 0 Å². The summed E-state index contributed by atoms with van der Waals surface area (Å²) in [5.74, 6) is -0.335. The molecule has 1 rings (SSSR count). The summed E-state index contributed by atoms with van der Waals surface area (Å²) in [6.45, 7) is 2.23. The number of carboxylic acid groups (broad SMARTS) is 1. The van der Waals surface area contributed by atoms with E-state index in [1.54, 1.807) is 0 Å². The van der Waals surface area contributed by atoms with Crippen LogP contribution in [0, 0.1) is 11.8 Å². The maximum atomic E-state index is 11.4. The van der Waals surface area contributed by atoms with Crippen molar-refractivity contribution in [1.82, 2.24) is 5.32 Å². The van der Waals surface area contributed by atoms with Crippen molar-refractivity contribution in [2.75, 3.05) is 19.8 Å². The summed E-state index contributed by atoms with van der Waals surface area (Å²) in [5, 5.41) is 11.0. The van der Waals surface area contributed by atoms with Gasteiger partial charge >= 0.3 is 5.97 Å². The SMILES string of the molecule is CC(C(=O)NCCOCC(=O)O)C1CC1. The molecule has 1 fully saturated rings. The molecule has 0 aromatic heterocycles. The zero-order chi connectivity index (χ0) is 11.3. The van der Waals surface area contributed by atoms with E-state index in [1.807, 2.05) is 6.92 Å². The molecule has 86 valence electrons. The fourth-order valence-corrected chi connectivity index (χ4v) is 1.38. The van der Waals surface area contributed by atoms with Crippen LogP contribution in [0.3, 0.4) is 0 Å². The molecule has 1 amide bonds. The normalized spacial score (nSPS) is 17.1. The highest BCUT2D eigenvalue weighted by Gasteiger charge is 2.32. The third-order valence-electron chi connectivity index (χ3n) is 2.51. The first-order valence-electron chi connectivity index (χ1n) is 5.18. The van der Waals surface area contributed by atoms with Crippen LogP contribution >= 0.6 is 0 Å². The van der Waals surface area contributed by atoms with E-state index in [0.29, 0.717) is 12.5 Å². The van der Waals surface area contributed by atoms with Crippen LogP contribution in [0.2, 0.25) is 0 Å². The maximum absolute atomic E-state index is 11.4. The lowest BCUT2D eigenvalue weighted by atomic mass is 10.1. The van der Waals surface area contributed by atoms with Gasteiger partial charge in [-0.2, -0.15) is 0 Å². The van der Waals surface area contributed by atoms with Gasteiger partial charge in [-0.25, -0.2) is 4.79 Å². The number of carbonyl (C=O) groups excluding carboxylic acids is 1. The lowest BCUT2D eigenvalue weighted by Crippen LogP contribution is -2.33. The minimum atomic E-state index is -0.993. The maximum Gasteiger partial charge on any atom is 0.329 e. The number of rotatable bonds is 7. The number of carbonyl (C=O) groups is 2. The number of carboxylic acids is 1. The molecule has 5 heteroatoms. The van der Waals surface area contributed by atoms with Gasteiger partial charge in [-0.1, -0.05) is 6.92 Å². The molecule has 5 nitrogen and oxygen atoms in total. The molecule has 0 saturated heterocycles. The molecule has 0 aromatic rings. The molecule has 0 bridgehead atoms. The first-order valence-corrected chi connectivity index (χ1v) is 5.18. The topological polar surface area (TPSA) is 75.6 Å². The van der Waals surface area contributed by atoms with Crippen molar-refractivity contribution in [3.63, 3.8) is 0 Å². The van der Waals surface area contributed by atoms with Crippen LogP contribution in [0.1, 0.15) is 19.8 Å². The van der Waals surface area contributed by atoms with Gasteiger partial charge in [0.1, 0.15) is 6.61 Å². The van der Waals surface area contributed by atoms with Crippen LogP contribution in [0.4, 0.5) is 0 Å². The average molecular weight is 215 g/mol.